The van der Waals surface area contributed by atoms with E-state index >= 15 is 0 Å². The molecule has 3 heterocycles. The van der Waals surface area contributed by atoms with Crippen molar-refractivity contribution in [1.82, 2.24) is 14.5 Å². The Kier molecular flexibility index (Phi) is 5.79. The summed E-state index contributed by atoms with van der Waals surface area (Å²) in [5, 5.41) is 4.68. The maximum Gasteiger partial charge on any atom is 0.258 e. The predicted molar refractivity (Wildman–Crippen MR) is 125 cm³/mol. The average Bonchev–Trinajstić information content (AvgIpc) is 3.15. The Hall–Kier alpha value is -3.35. The van der Waals surface area contributed by atoms with Crippen LogP contribution in [0, 0.1) is 0 Å². The fourth-order valence-corrected chi connectivity index (χ4v) is 4.35. The van der Waals surface area contributed by atoms with Crippen LogP contribution in [0.4, 0.5) is 0 Å². The Morgan fingerprint density at radius 1 is 1.06 bits per heavy atom. The molecule has 6 nitrogen and oxygen atoms in total. The van der Waals surface area contributed by atoms with Gasteiger partial charge in [-0.2, -0.15) is 0 Å². The molecule has 0 atom stereocenters. The number of ether oxygens (including phenoxy) is 2. The van der Waals surface area contributed by atoms with Crippen molar-refractivity contribution in [3.05, 3.63) is 94.0 Å². The van der Waals surface area contributed by atoms with Gasteiger partial charge in [0.05, 0.1) is 11.2 Å². The lowest BCUT2D eigenvalue weighted by Gasteiger charge is -2.17. The maximum atomic E-state index is 12.9. The minimum atomic E-state index is -0.121. The monoisotopic (exact) mass is 429 g/mol. The molecule has 4 aromatic rings. The van der Waals surface area contributed by atoms with E-state index in [4.69, 9.17) is 9.47 Å². The van der Waals surface area contributed by atoms with Gasteiger partial charge in [-0.3, -0.25) is 9.36 Å². The van der Waals surface area contributed by atoms with Crippen molar-refractivity contribution in [3.63, 3.8) is 0 Å². The number of benzene rings is 2. The normalized spacial score (nSPS) is 13.3. The first-order valence-electron chi connectivity index (χ1n) is 11.1. The number of nitrogens with zero attached hydrogens (tertiary/aromatic N) is 2. The molecule has 32 heavy (non-hydrogen) atoms. The van der Waals surface area contributed by atoms with Crippen molar-refractivity contribution in [1.29, 1.82) is 0 Å². The second kappa shape index (κ2) is 9.02. The van der Waals surface area contributed by atoms with Crippen molar-refractivity contribution in [2.45, 2.75) is 33.2 Å². The van der Waals surface area contributed by atoms with Gasteiger partial charge in [0.25, 0.3) is 5.56 Å². The zero-order chi connectivity index (χ0) is 21.9. The summed E-state index contributed by atoms with van der Waals surface area (Å²) in [5.41, 5.74) is 5.52. The first kappa shape index (κ1) is 20.5. The molecule has 164 valence electrons. The fraction of sp³-hybridized carbons (Fsp3) is 0.269. The van der Waals surface area contributed by atoms with E-state index in [0.717, 1.165) is 36.3 Å². The summed E-state index contributed by atoms with van der Waals surface area (Å²) >= 11 is 0. The van der Waals surface area contributed by atoms with Crippen molar-refractivity contribution in [2.24, 2.45) is 0 Å². The van der Waals surface area contributed by atoms with Crippen LogP contribution in [0.3, 0.4) is 0 Å². The molecule has 0 saturated carbocycles. The molecule has 0 fully saturated rings. The Morgan fingerprint density at radius 2 is 1.94 bits per heavy atom. The van der Waals surface area contributed by atoms with Gasteiger partial charge >= 0.3 is 0 Å². The SMILES string of the molecule is CCOCn1c2c(c3ccc(-n4ccc(OCc5ccccc5)cc4=O)cc31)CNCC2. The number of nitrogens with one attached hydrogen (secondary N) is 1. The quantitative estimate of drug-likeness (QED) is 0.482. The van der Waals surface area contributed by atoms with Gasteiger partial charge in [0.15, 0.2) is 0 Å². The van der Waals surface area contributed by atoms with Crippen molar-refractivity contribution < 1.29 is 9.47 Å². The van der Waals surface area contributed by atoms with E-state index in [9.17, 15) is 4.79 Å². The summed E-state index contributed by atoms with van der Waals surface area (Å²) in [4.78, 5) is 12.9. The lowest BCUT2D eigenvalue weighted by atomic mass is 10.1. The van der Waals surface area contributed by atoms with E-state index in [1.54, 1.807) is 16.8 Å². The lowest BCUT2D eigenvalue weighted by molar-refractivity contribution is 0.0887. The average molecular weight is 430 g/mol. The number of hydrogen-bond donors (Lipinski definition) is 1. The Bertz CT molecular complexity index is 1290. The topological polar surface area (TPSA) is 57.4 Å². The highest BCUT2D eigenvalue weighted by Crippen LogP contribution is 2.30. The molecule has 1 aliphatic heterocycles. The Morgan fingerprint density at radius 3 is 2.75 bits per heavy atom. The van der Waals surface area contributed by atoms with Crippen LogP contribution in [-0.2, 0) is 31.0 Å². The summed E-state index contributed by atoms with van der Waals surface area (Å²) in [5.74, 6) is 0.567. The second-order valence-corrected chi connectivity index (χ2v) is 7.95. The van der Waals surface area contributed by atoms with E-state index in [-0.39, 0.29) is 5.56 Å². The van der Waals surface area contributed by atoms with Crippen molar-refractivity contribution in [3.8, 4) is 11.4 Å². The van der Waals surface area contributed by atoms with Crippen LogP contribution in [-0.4, -0.2) is 22.3 Å². The zero-order valence-electron chi connectivity index (χ0n) is 18.2. The summed E-state index contributed by atoms with van der Waals surface area (Å²) in [6.07, 6.45) is 2.75. The zero-order valence-corrected chi connectivity index (χ0v) is 18.2. The van der Waals surface area contributed by atoms with E-state index in [0.29, 0.717) is 25.7 Å². The molecule has 0 saturated heterocycles. The number of pyridine rings is 1. The Labute approximate surface area is 187 Å². The van der Waals surface area contributed by atoms with Crippen LogP contribution in [0.2, 0.25) is 0 Å². The molecule has 5 rings (SSSR count). The predicted octanol–water partition coefficient (Wildman–Crippen LogP) is 4.01. The molecule has 0 aliphatic carbocycles. The van der Waals surface area contributed by atoms with E-state index < -0.39 is 0 Å². The van der Waals surface area contributed by atoms with Gasteiger partial charge in [0.1, 0.15) is 19.1 Å². The molecule has 1 N–H and O–H groups in total. The summed E-state index contributed by atoms with van der Waals surface area (Å²) < 4.78 is 15.5. The minimum Gasteiger partial charge on any atom is -0.489 e. The molecule has 6 heteroatoms. The molecule has 2 aromatic carbocycles. The third-order valence-corrected chi connectivity index (χ3v) is 5.95. The van der Waals surface area contributed by atoms with Crippen LogP contribution >= 0.6 is 0 Å². The second-order valence-electron chi connectivity index (χ2n) is 7.95. The molecule has 0 spiro atoms. The molecule has 0 amide bonds. The van der Waals surface area contributed by atoms with Crippen LogP contribution < -0.4 is 15.6 Å². The number of hydrogen-bond acceptors (Lipinski definition) is 4. The molecule has 0 unspecified atom stereocenters. The lowest BCUT2D eigenvalue weighted by Crippen LogP contribution is -2.25. The summed E-state index contributed by atoms with van der Waals surface area (Å²) in [6.45, 7) is 5.44. The third kappa shape index (κ3) is 3.95. The largest absolute Gasteiger partial charge is 0.489 e. The van der Waals surface area contributed by atoms with Crippen LogP contribution in [0.1, 0.15) is 23.7 Å². The minimum absolute atomic E-state index is 0.121. The van der Waals surface area contributed by atoms with Crippen LogP contribution in [0.25, 0.3) is 16.6 Å². The fourth-order valence-electron chi connectivity index (χ4n) is 4.35. The number of fused-ring (bicyclic) bond motifs is 3. The first-order chi connectivity index (χ1) is 15.7. The summed E-state index contributed by atoms with van der Waals surface area (Å²) in [7, 11) is 0. The maximum absolute atomic E-state index is 12.9. The molecule has 0 radical (unpaired) electrons. The standard InChI is InChI=1S/C26H27N3O3/c1-2-31-18-29-24-10-12-27-16-23(24)22-9-8-20(14-25(22)29)28-13-11-21(15-26(28)30)32-17-19-6-4-3-5-7-19/h3-9,11,13-15,27H,2,10,12,16-18H2,1H3. The van der Waals surface area contributed by atoms with Crippen molar-refractivity contribution in [2.75, 3.05) is 13.2 Å². The van der Waals surface area contributed by atoms with Crippen LogP contribution in [0.5, 0.6) is 5.75 Å². The van der Waals surface area contributed by atoms with Crippen LogP contribution in [0.15, 0.2) is 71.7 Å². The van der Waals surface area contributed by atoms with Gasteiger partial charge in [-0.05, 0) is 36.2 Å². The van der Waals surface area contributed by atoms with Gasteiger partial charge in [-0.1, -0.05) is 36.4 Å². The molecule has 1 aliphatic rings. The van der Waals surface area contributed by atoms with Gasteiger partial charge in [0.2, 0.25) is 0 Å². The highest BCUT2D eigenvalue weighted by atomic mass is 16.5. The number of aromatic nitrogens is 2. The van der Waals surface area contributed by atoms with E-state index in [1.165, 1.54) is 16.6 Å². The number of rotatable bonds is 7. The van der Waals surface area contributed by atoms with Crippen molar-refractivity contribution >= 4 is 10.9 Å². The van der Waals surface area contributed by atoms with E-state index in [2.05, 4.69) is 22.0 Å². The van der Waals surface area contributed by atoms with Gasteiger partial charge in [-0.25, -0.2) is 0 Å². The summed E-state index contributed by atoms with van der Waals surface area (Å²) in [6, 6.07) is 19.5. The third-order valence-electron chi connectivity index (χ3n) is 5.95. The van der Waals surface area contributed by atoms with Gasteiger partial charge in [0, 0.05) is 49.5 Å². The highest BCUT2D eigenvalue weighted by molar-refractivity contribution is 5.87. The van der Waals surface area contributed by atoms with Gasteiger partial charge < -0.3 is 19.4 Å². The molecule has 0 bridgehead atoms. The van der Waals surface area contributed by atoms with E-state index in [1.807, 2.05) is 49.4 Å². The Balaban J connectivity index is 1.47. The highest BCUT2D eigenvalue weighted by Gasteiger charge is 2.20. The molecular weight excluding hydrogens is 402 g/mol. The van der Waals surface area contributed by atoms with Gasteiger partial charge in [-0.15, -0.1) is 0 Å². The first-order valence-corrected chi connectivity index (χ1v) is 11.1. The molecule has 2 aromatic heterocycles. The molecular formula is C26H27N3O3. The smallest absolute Gasteiger partial charge is 0.258 e.